The van der Waals surface area contributed by atoms with Crippen molar-refractivity contribution in [3.8, 4) is 5.69 Å². The van der Waals surface area contributed by atoms with Gasteiger partial charge in [0.2, 0.25) is 11.1 Å². The lowest BCUT2D eigenvalue weighted by molar-refractivity contribution is 0.0686. The van der Waals surface area contributed by atoms with Crippen LogP contribution in [0.3, 0.4) is 0 Å². The van der Waals surface area contributed by atoms with Crippen molar-refractivity contribution in [2.45, 2.75) is 6.92 Å². The van der Waals surface area contributed by atoms with Crippen molar-refractivity contribution in [3.05, 3.63) is 55.9 Å². The molecule has 0 saturated carbocycles. The number of hydrogen-bond acceptors (Lipinski definition) is 3. The summed E-state index contributed by atoms with van der Waals surface area (Å²) in [6.07, 6.45) is 1.18. The lowest BCUT2D eigenvalue weighted by Crippen LogP contribution is -2.23. The molecule has 0 unspecified atom stereocenters. The van der Waals surface area contributed by atoms with Crippen LogP contribution in [0.1, 0.15) is 16.1 Å². The number of carbonyl (C=O) groups is 1. The zero-order chi connectivity index (χ0) is 15.0. The van der Waals surface area contributed by atoms with Gasteiger partial charge in [-0.2, -0.15) is 5.10 Å². The van der Waals surface area contributed by atoms with Crippen molar-refractivity contribution in [3.63, 3.8) is 0 Å². The molecule has 1 aromatic heterocycles. The van der Waals surface area contributed by atoms with Crippen LogP contribution in [0.5, 0.6) is 0 Å². The van der Waals surface area contributed by atoms with Crippen LogP contribution in [0.15, 0.2) is 27.6 Å². The Hall–Kier alpha value is -2.09. The van der Waals surface area contributed by atoms with Crippen molar-refractivity contribution in [2.75, 3.05) is 0 Å². The molecular weight excluding hydrogens is 338 g/mol. The fourth-order valence-corrected chi connectivity index (χ4v) is 2.21. The highest BCUT2D eigenvalue weighted by Crippen LogP contribution is 2.24. The highest BCUT2D eigenvalue weighted by atomic mass is 79.9. The number of nitrogens with zero attached hydrogens (tertiary/aromatic N) is 2. The zero-order valence-electron chi connectivity index (χ0n) is 10.0. The third-order valence-corrected chi connectivity index (χ3v) is 3.11. The average molecular weight is 345 g/mol. The van der Waals surface area contributed by atoms with E-state index in [4.69, 9.17) is 5.11 Å². The first-order chi connectivity index (χ1) is 9.31. The largest absolute Gasteiger partial charge is 0.476 e. The number of halogens is 3. The molecule has 0 aliphatic carbocycles. The molecule has 1 N–H and O–H groups in total. The summed E-state index contributed by atoms with van der Waals surface area (Å²) < 4.78 is 27.8. The minimum atomic E-state index is -1.52. The summed E-state index contributed by atoms with van der Waals surface area (Å²) in [5.74, 6) is -3.26. The molecule has 2 aromatic rings. The maximum Gasteiger partial charge on any atom is 0.360 e. The van der Waals surface area contributed by atoms with Gasteiger partial charge < -0.3 is 5.11 Å². The summed E-state index contributed by atoms with van der Waals surface area (Å²) >= 11 is 2.97. The highest BCUT2D eigenvalue weighted by Gasteiger charge is 2.18. The molecule has 0 aliphatic heterocycles. The Balaban J connectivity index is 2.78. The molecule has 0 saturated heterocycles. The number of aromatic nitrogens is 2. The molecule has 104 valence electrons. The quantitative estimate of drug-likeness (QED) is 0.907. The van der Waals surface area contributed by atoms with Crippen LogP contribution in [0.25, 0.3) is 5.69 Å². The maximum absolute atomic E-state index is 13.8. The van der Waals surface area contributed by atoms with Crippen molar-refractivity contribution in [1.82, 2.24) is 9.78 Å². The Bertz CT molecular complexity index is 751. The molecule has 1 aromatic carbocycles. The van der Waals surface area contributed by atoms with Gasteiger partial charge in [-0.15, -0.1) is 0 Å². The van der Waals surface area contributed by atoms with Gasteiger partial charge in [-0.1, -0.05) is 0 Å². The molecule has 0 spiro atoms. The molecule has 0 bridgehead atoms. The first kappa shape index (κ1) is 14.3. The minimum absolute atomic E-state index is 0.0434. The van der Waals surface area contributed by atoms with E-state index in [2.05, 4.69) is 21.0 Å². The monoisotopic (exact) mass is 344 g/mol. The normalized spacial score (nSPS) is 10.6. The predicted octanol–water partition coefficient (Wildman–Crippen LogP) is 2.28. The summed E-state index contributed by atoms with van der Waals surface area (Å²) in [7, 11) is 0. The first-order valence-electron chi connectivity index (χ1n) is 5.30. The van der Waals surface area contributed by atoms with Crippen LogP contribution in [0, 0.1) is 18.6 Å². The molecule has 0 amide bonds. The average Bonchev–Trinajstić information content (AvgIpc) is 2.31. The lowest BCUT2D eigenvalue weighted by Gasteiger charge is -2.10. The smallest absolute Gasteiger partial charge is 0.360 e. The third kappa shape index (κ3) is 2.46. The van der Waals surface area contributed by atoms with Crippen molar-refractivity contribution < 1.29 is 18.7 Å². The Morgan fingerprint density at radius 3 is 2.60 bits per heavy atom. The van der Waals surface area contributed by atoms with E-state index in [9.17, 15) is 18.4 Å². The standard InChI is InChI=1S/C12H7BrF2N2O3/c1-5-4-17(16-9(11(5)18)12(19)20)10-7(13)2-6(14)3-8(10)15/h2-4H,1H3,(H,19,20). The van der Waals surface area contributed by atoms with Crippen LogP contribution in [-0.2, 0) is 0 Å². The molecule has 20 heavy (non-hydrogen) atoms. The SMILES string of the molecule is Cc1cn(-c2c(F)cc(F)cc2Br)nc(C(=O)O)c1=O. The topological polar surface area (TPSA) is 72.2 Å². The number of aryl methyl sites for hydroxylation is 1. The second kappa shape index (κ2) is 5.12. The van der Waals surface area contributed by atoms with Crippen molar-refractivity contribution >= 4 is 21.9 Å². The predicted molar refractivity (Wildman–Crippen MR) is 69.1 cm³/mol. The summed E-state index contributed by atoms with van der Waals surface area (Å²) in [5.41, 5.74) is -1.60. The molecule has 8 heteroatoms. The molecule has 2 rings (SSSR count). The molecular formula is C12H7BrF2N2O3. The van der Waals surface area contributed by atoms with Crippen LogP contribution in [0.2, 0.25) is 0 Å². The van der Waals surface area contributed by atoms with Crippen molar-refractivity contribution in [2.24, 2.45) is 0 Å². The fraction of sp³-hybridized carbons (Fsp3) is 0.0833. The first-order valence-corrected chi connectivity index (χ1v) is 6.09. The summed E-state index contributed by atoms with van der Waals surface area (Å²) in [4.78, 5) is 22.5. The molecule has 0 atom stereocenters. The van der Waals surface area contributed by atoms with Crippen LogP contribution in [0.4, 0.5) is 8.78 Å². The highest BCUT2D eigenvalue weighted by molar-refractivity contribution is 9.10. The zero-order valence-corrected chi connectivity index (χ0v) is 11.6. The van der Waals surface area contributed by atoms with E-state index < -0.39 is 28.7 Å². The lowest BCUT2D eigenvalue weighted by atomic mass is 10.2. The number of rotatable bonds is 2. The summed E-state index contributed by atoms with van der Waals surface area (Å²) in [5, 5.41) is 12.5. The van der Waals surface area contributed by atoms with E-state index in [-0.39, 0.29) is 15.7 Å². The van der Waals surface area contributed by atoms with Crippen LogP contribution < -0.4 is 5.43 Å². The number of hydrogen-bond donors (Lipinski definition) is 1. The number of benzene rings is 1. The van der Waals surface area contributed by atoms with Gasteiger partial charge in [0.15, 0.2) is 5.82 Å². The molecule has 0 radical (unpaired) electrons. The summed E-state index contributed by atoms with van der Waals surface area (Å²) in [6.45, 7) is 1.38. The van der Waals surface area contributed by atoms with Gasteiger partial charge in [-0.05, 0) is 28.9 Å². The van der Waals surface area contributed by atoms with Gasteiger partial charge in [0.25, 0.3) is 0 Å². The Kier molecular flexibility index (Phi) is 3.67. The van der Waals surface area contributed by atoms with E-state index in [1.165, 1.54) is 13.1 Å². The van der Waals surface area contributed by atoms with Gasteiger partial charge in [0.1, 0.15) is 11.5 Å². The molecule has 5 nitrogen and oxygen atoms in total. The van der Waals surface area contributed by atoms with Crippen molar-refractivity contribution in [1.29, 1.82) is 0 Å². The van der Waals surface area contributed by atoms with E-state index in [0.717, 1.165) is 10.7 Å². The van der Waals surface area contributed by atoms with E-state index >= 15 is 0 Å². The molecule has 0 aliphatic rings. The minimum Gasteiger partial charge on any atom is -0.476 e. The van der Waals surface area contributed by atoms with Gasteiger partial charge in [-0.3, -0.25) is 4.79 Å². The Morgan fingerprint density at radius 2 is 2.05 bits per heavy atom. The van der Waals surface area contributed by atoms with Crippen LogP contribution >= 0.6 is 15.9 Å². The van der Waals surface area contributed by atoms with E-state index in [1.807, 2.05) is 0 Å². The maximum atomic E-state index is 13.8. The number of aromatic carboxylic acids is 1. The van der Waals surface area contributed by atoms with E-state index in [1.54, 1.807) is 0 Å². The van der Waals surface area contributed by atoms with Gasteiger partial charge in [0, 0.05) is 22.3 Å². The molecule has 0 fully saturated rings. The Labute approximate surface area is 119 Å². The Morgan fingerprint density at radius 1 is 1.40 bits per heavy atom. The second-order valence-electron chi connectivity index (χ2n) is 3.96. The van der Waals surface area contributed by atoms with Gasteiger partial charge >= 0.3 is 5.97 Å². The summed E-state index contributed by atoms with van der Waals surface area (Å²) in [6, 6.07) is 1.64. The van der Waals surface area contributed by atoms with E-state index in [0.29, 0.717) is 6.07 Å². The van der Waals surface area contributed by atoms with Gasteiger partial charge in [0.05, 0.1) is 0 Å². The number of carboxylic acid groups (broad SMARTS) is 1. The second-order valence-corrected chi connectivity index (χ2v) is 4.81. The number of carboxylic acids is 1. The molecule has 1 heterocycles. The fourth-order valence-electron chi connectivity index (χ4n) is 1.62. The van der Waals surface area contributed by atoms with Crippen LogP contribution in [-0.4, -0.2) is 20.9 Å². The van der Waals surface area contributed by atoms with Gasteiger partial charge in [-0.25, -0.2) is 18.3 Å². The third-order valence-electron chi connectivity index (χ3n) is 2.51.